The minimum atomic E-state index is -0.254. The third-order valence-corrected chi connectivity index (χ3v) is 5.42. The summed E-state index contributed by atoms with van der Waals surface area (Å²) in [6.07, 6.45) is 2.34. The zero-order valence-corrected chi connectivity index (χ0v) is 17.3. The third kappa shape index (κ3) is 3.90. The lowest BCUT2D eigenvalue weighted by Gasteiger charge is -2.30. The number of aliphatic hydroxyl groups is 1. The van der Waals surface area contributed by atoms with Gasteiger partial charge >= 0.3 is 0 Å². The Morgan fingerprint density at radius 3 is 2.39 bits per heavy atom. The van der Waals surface area contributed by atoms with Gasteiger partial charge < -0.3 is 10.4 Å². The molecule has 0 aromatic heterocycles. The molecule has 0 fully saturated rings. The van der Waals surface area contributed by atoms with Gasteiger partial charge in [0.15, 0.2) is 11.6 Å². The van der Waals surface area contributed by atoms with Crippen LogP contribution in [0.3, 0.4) is 0 Å². The number of anilines is 1. The Morgan fingerprint density at radius 2 is 1.74 bits per heavy atom. The molecule has 2 aromatic rings. The normalized spacial score (nSPS) is 17.8. The molecule has 31 heavy (non-hydrogen) atoms. The highest BCUT2D eigenvalue weighted by atomic mass is 16.3. The van der Waals surface area contributed by atoms with E-state index in [2.05, 4.69) is 10.3 Å². The lowest BCUT2D eigenvalue weighted by Crippen LogP contribution is -2.27. The molecule has 0 spiro atoms. The highest BCUT2D eigenvalue weighted by molar-refractivity contribution is 6.30. The topological polar surface area (TPSA) is 103 Å². The molecule has 2 aliphatic carbocycles. The van der Waals surface area contributed by atoms with Crippen LogP contribution in [-0.4, -0.2) is 22.9 Å². The predicted molar refractivity (Wildman–Crippen MR) is 119 cm³/mol. The van der Waals surface area contributed by atoms with Gasteiger partial charge in [-0.3, -0.25) is 14.6 Å². The first-order chi connectivity index (χ1) is 14.8. The number of hydrogen-bond acceptors (Lipinski definition) is 6. The van der Waals surface area contributed by atoms with E-state index in [1.165, 1.54) is 6.21 Å². The number of nitrogens with zero attached hydrogens (tertiary/aromatic N) is 2. The van der Waals surface area contributed by atoms with Crippen LogP contribution >= 0.6 is 0 Å². The van der Waals surface area contributed by atoms with E-state index in [4.69, 9.17) is 0 Å². The maximum Gasteiger partial charge on any atom is 0.199 e. The summed E-state index contributed by atoms with van der Waals surface area (Å²) >= 11 is 0. The van der Waals surface area contributed by atoms with E-state index in [0.717, 1.165) is 5.69 Å². The second-order valence-corrected chi connectivity index (χ2v) is 8.47. The van der Waals surface area contributed by atoms with E-state index < -0.39 is 0 Å². The number of fused-ring (bicyclic) bond motifs is 1. The zero-order valence-electron chi connectivity index (χ0n) is 17.3. The van der Waals surface area contributed by atoms with E-state index in [1.807, 2.05) is 19.9 Å². The quantitative estimate of drug-likeness (QED) is 0.679. The second-order valence-electron chi connectivity index (χ2n) is 8.47. The molecule has 6 nitrogen and oxygen atoms in total. The number of aliphatic imine (C=N–C) groups is 1. The van der Waals surface area contributed by atoms with Crippen molar-refractivity contribution in [3.8, 4) is 6.07 Å². The third-order valence-electron chi connectivity index (χ3n) is 5.42. The number of rotatable bonds is 4. The Bertz CT molecular complexity index is 1230. The van der Waals surface area contributed by atoms with Crippen LogP contribution in [0.15, 0.2) is 70.4 Å². The van der Waals surface area contributed by atoms with Gasteiger partial charge in [-0.2, -0.15) is 5.26 Å². The number of nitriles is 1. The van der Waals surface area contributed by atoms with Crippen molar-refractivity contribution in [1.82, 2.24) is 0 Å². The minimum Gasteiger partial charge on any atom is -0.506 e. The fourth-order valence-electron chi connectivity index (χ4n) is 3.91. The molecule has 0 saturated heterocycles. The molecule has 2 aliphatic rings. The highest BCUT2D eigenvalue weighted by Gasteiger charge is 2.33. The Morgan fingerprint density at radius 1 is 1.06 bits per heavy atom. The van der Waals surface area contributed by atoms with Crippen molar-refractivity contribution in [2.45, 2.75) is 26.7 Å². The average molecular weight is 411 g/mol. The first-order valence-corrected chi connectivity index (χ1v) is 9.94. The van der Waals surface area contributed by atoms with E-state index in [9.17, 15) is 20.0 Å². The number of allylic oxidation sites excluding steroid dienone is 3. The van der Waals surface area contributed by atoms with Crippen LogP contribution in [0.2, 0.25) is 0 Å². The fourth-order valence-corrected chi connectivity index (χ4v) is 3.91. The summed E-state index contributed by atoms with van der Waals surface area (Å²) in [7, 11) is 0. The largest absolute Gasteiger partial charge is 0.506 e. The number of aliphatic hydroxyl groups excluding tert-OH is 1. The molecule has 0 bridgehead atoms. The van der Waals surface area contributed by atoms with Crippen molar-refractivity contribution >= 4 is 34.9 Å². The van der Waals surface area contributed by atoms with E-state index in [-0.39, 0.29) is 33.9 Å². The summed E-state index contributed by atoms with van der Waals surface area (Å²) in [5.74, 6) is -0.461. The van der Waals surface area contributed by atoms with Crippen LogP contribution in [0.4, 0.5) is 11.4 Å². The van der Waals surface area contributed by atoms with Crippen LogP contribution < -0.4 is 5.32 Å². The standard InChI is InChI=1S/C25H21N3O3/c1-25(2)11-21(19(13-26)22(29)12-25)28-16-9-7-15(8-10-16)27-14-20-23(30)17-5-3-4-6-18(17)24(20)31/h3-10,14,28,30H,11-12H2,1-2H3. The van der Waals surface area contributed by atoms with E-state index in [0.29, 0.717) is 35.4 Å². The number of nitrogens with one attached hydrogen (secondary N) is 1. The van der Waals surface area contributed by atoms with E-state index in [1.54, 1.807) is 48.5 Å². The van der Waals surface area contributed by atoms with Crippen LogP contribution in [0.5, 0.6) is 0 Å². The molecule has 2 N–H and O–H groups in total. The molecule has 154 valence electrons. The monoisotopic (exact) mass is 411 g/mol. The van der Waals surface area contributed by atoms with Gasteiger partial charge in [0.2, 0.25) is 0 Å². The molecule has 2 aromatic carbocycles. The van der Waals surface area contributed by atoms with Crippen molar-refractivity contribution in [3.05, 3.63) is 76.5 Å². The summed E-state index contributed by atoms with van der Waals surface area (Å²) in [5.41, 5.74) is 3.09. The van der Waals surface area contributed by atoms with Crippen molar-refractivity contribution in [2.75, 3.05) is 5.32 Å². The van der Waals surface area contributed by atoms with Gasteiger partial charge in [0.1, 0.15) is 17.4 Å². The van der Waals surface area contributed by atoms with Crippen molar-refractivity contribution in [2.24, 2.45) is 10.4 Å². The van der Waals surface area contributed by atoms with Crippen LogP contribution in [0.25, 0.3) is 5.76 Å². The lowest BCUT2D eigenvalue weighted by molar-refractivity contribution is -0.117. The molecule has 0 amide bonds. The molecular weight excluding hydrogens is 390 g/mol. The number of Topliss-reactive ketones (excluding diaryl/α,β-unsaturated/α-hetero) is 2. The molecule has 6 heteroatoms. The molecule has 0 heterocycles. The number of ketones is 2. The number of benzene rings is 2. The van der Waals surface area contributed by atoms with Gasteiger partial charge in [-0.15, -0.1) is 0 Å². The van der Waals surface area contributed by atoms with Crippen molar-refractivity contribution in [3.63, 3.8) is 0 Å². The Balaban J connectivity index is 1.52. The first-order valence-electron chi connectivity index (χ1n) is 9.94. The second kappa shape index (κ2) is 7.69. The molecule has 0 unspecified atom stereocenters. The van der Waals surface area contributed by atoms with Crippen LogP contribution in [0, 0.1) is 16.7 Å². The summed E-state index contributed by atoms with van der Waals surface area (Å²) in [4.78, 5) is 29.0. The summed E-state index contributed by atoms with van der Waals surface area (Å²) in [5, 5.41) is 22.9. The summed E-state index contributed by atoms with van der Waals surface area (Å²) < 4.78 is 0. The smallest absolute Gasteiger partial charge is 0.199 e. The van der Waals surface area contributed by atoms with Crippen LogP contribution in [-0.2, 0) is 4.79 Å². The van der Waals surface area contributed by atoms with Gasteiger partial charge in [0.05, 0.1) is 11.3 Å². The molecular formula is C25H21N3O3. The molecule has 4 rings (SSSR count). The summed E-state index contributed by atoms with van der Waals surface area (Å²) in [6, 6.07) is 16.0. The van der Waals surface area contributed by atoms with E-state index >= 15 is 0 Å². The van der Waals surface area contributed by atoms with Gasteiger partial charge in [-0.1, -0.05) is 38.1 Å². The van der Waals surface area contributed by atoms with Gasteiger partial charge in [-0.05, 0) is 36.1 Å². The molecule has 0 atom stereocenters. The Kier molecular flexibility index (Phi) is 5.04. The maximum atomic E-state index is 12.5. The Labute approximate surface area is 180 Å². The Hall–Kier alpha value is -3.98. The minimum absolute atomic E-state index is 0.0665. The maximum absolute atomic E-state index is 12.5. The fraction of sp³-hybridized carbons (Fsp3) is 0.200. The van der Waals surface area contributed by atoms with Gasteiger partial charge in [0, 0.05) is 35.1 Å². The molecule has 0 saturated carbocycles. The molecule has 0 radical (unpaired) electrons. The summed E-state index contributed by atoms with van der Waals surface area (Å²) in [6.45, 7) is 4.01. The van der Waals surface area contributed by atoms with Gasteiger partial charge in [-0.25, -0.2) is 0 Å². The highest BCUT2D eigenvalue weighted by Crippen LogP contribution is 2.37. The lowest BCUT2D eigenvalue weighted by atomic mass is 9.76. The first kappa shape index (κ1) is 20.3. The number of carbonyl (C=O) groups excluding carboxylic acids is 2. The zero-order chi connectivity index (χ0) is 22.2. The predicted octanol–water partition coefficient (Wildman–Crippen LogP) is 5.13. The van der Waals surface area contributed by atoms with Gasteiger partial charge in [0.25, 0.3) is 0 Å². The van der Waals surface area contributed by atoms with Crippen molar-refractivity contribution in [1.29, 1.82) is 5.26 Å². The number of hydrogen-bond donors (Lipinski definition) is 2. The molecule has 0 aliphatic heterocycles. The van der Waals surface area contributed by atoms with Crippen molar-refractivity contribution < 1.29 is 14.7 Å². The average Bonchev–Trinajstić information content (AvgIpc) is 2.97. The SMILES string of the molecule is CC1(C)CC(=O)C(C#N)=C(Nc2ccc(N=CC3=C(O)c4ccccc4C3=O)cc2)C1. The van der Waals surface area contributed by atoms with Crippen LogP contribution in [0.1, 0.15) is 42.6 Å². The number of carbonyl (C=O) groups is 2.